The van der Waals surface area contributed by atoms with Crippen LogP contribution in [0.25, 0.3) is 10.6 Å². The summed E-state index contributed by atoms with van der Waals surface area (Å²) in [4.78, 5) is 19.9. The van der Waals surface area contributed by atoms with E-state index in [0.29, 0.717) is 5.89 Å². The zero-order valence-electron chi connectivity index (χ0n) is 16.1. The Morgan fingerprint density at radius 1 is 0.871 bits per heavy atom. The van der Waals surface area contributed by atoms with Crippen LogP contribution in [0.5, 0.6) is 0 Å². The molecule has 6 rings (SSSR count). The van der Waals surface area contributed by atoms with Crippen molar-refractivity contribution in [3.8, 4) is 0 Å². The highest BCUT2D eigenvalue weighted by atomic mass is 32.3. The maximum atomic E-state index is 6.10. The molecule has 8 heteroatoms. The van der Waals surface area contributed by atoms with E-state index in [1.165, 1.54) is 0 Å². The van der Waals surface area contributed by atoms with Gasteiger partial charge in [-0.1, -0.05) is 22.2 Å². The van der Waals surface area contributed by atoms with Crippen LogP contribution >= 0.6 is 21.4 Å². The van der Waals surface area contributed by atoms with Gasteiger partial charge in [0.1, 0.15) is 12.0 Å². The van der Waals surface area contributed by atoms with Crippen LogP contribution in [-0.2, 0) is 0 Å². The molecular formula is C23H16N4O2S2. The number of oxazole rings is 1. The first-order chi connectivity index (χ1) is 15.4. The van der Waals surface area contributed by atoms with Crippen molar-refractivity contribution in [2.24, 2.45) is 4.99 Å². The Kier molecular flexibility index (Phi) is 4.26. The highest BCUT2D eigenvalue weighted by Crippen LogP contribution is 2.76. The lowest BCUT2D eigenvalue weighted by Crippen LogP contribution is -2.14. The van der Waals surface area contributed by atoms with Crippen LogP contribution in [0.1, 0.15) is 16.5 Å². The number of thiophene rings is 1. The Morgan fingerprint density at radius 2 is 1.87 bits per heavy atom. The molecule has 0 saturated heterocycles. The largest absolute Gasteiger partial charge is 0.459 e. The van der Waals surface area contributed by atoms with Crippen molar-refractivity contribution in [3.05, 3.63) is 108 Å². The minimum Gasteiger partial charge on any atom is -0.459 e. The van der Waals surface area contributed by atoms with Crippen LogP contribution < -0.4 is 0 Å². The number of hydrogen-bond acceptors (Lipinski definition) is 6. The molecule has 1 atom stereocenters. The van der Waals surface area contributed by atoms with Gasteiger partial charge in [-0.25, -0.2) is 9.98 Å². The summed E-state index contributed by atoms with van der Waals surface area (Å²) in [7, 11) is -2.19. The molecule has 6 nitrogen and oxygen atoms in total. The number of nitrogens with zero attached hydrogens (tertiary/aromatic N) is 3. The smallest absolute Gasteiger partial charge is 0.251 e. The van der Waals surface area contributed by atoms with Gasteiger partial charge < -0.3 is 13.8 Å². The van der Waals surface area contributed by atoms with Crippen molar-refractivity contribution in [2.45, 2.75) is 10.1 Å². The number of aromatic amines is 1. The first-order valence-electron chi connectivity index (χ1n) is 9.57. The van der Waals surface area contributed by atoms with Gasteiger partial charge in [-0.3, -0.25) is 4.98 Å². The number of aromatic nitrogens is 3. The normalized spacial score (nSPS) is 20.6. The molecule has 0 spiro atoms. The summed E-state index contributed by atoms with van der Waals surface area (Å²) in [5, 5.41) is 4.45. The summed E-state index contributed by atoms with van der Waals surface area (Å²) in [5.74, 6) is 0.465. The fourth-order valence-electron chi connectivity index (χ4n) is 3.77. The van der Waals surface area contributed by atoms with E-state index in [1.807, 2.05) is 54.7 Å². The molecule has 1 unspecified atom stereocenters. The SMILES string of the molecule is c1ccc(S2(c3ccco3)C(c3ncco3)=NC(c3ccc[nH]3)=C2c2cccs2)nc1. The minimum absolute atomic E-state index is 0.465. The Bertz CT molecular complexity index is 1360. The van der Waals surface area contributed by atoms with Gasteiger partial charge >= 0.3 is 0 Å². The standard InChI is InChI=1S/C23H16N4O2S2/c1-2-10-25-18(8-1)31(19-9-4-13-28-19)21(17-7-5-15-30-17)20(16-6-3-11-24-16)27-23(31)22-26-12-14-29-22/h1-15,24H. The Balaban J connectivity index is 1.78. The minimum atomic E-state index is -2.19. The van der Waals surface area contributed by atoms with E-state index in [2.05, 4.69) is 21.4 Å². The molecule has 0 bridgehead atoms. The fourth-order valence-corrected chi connectivity index (χ4v) is 8.55. The predicted molar refractivity (Wildman–Crippen MR) is 122 cm³/mol. The van der Waals surface area contributed by atoms with Crippen molar-refractivity contribution >= 4 is 37.0 Å². The summed E-state index contributed by atoms with van der Waals surface area (Å²) >= 11 is 1.67. The summed E-state index contributed by atoms with van der Waals surface area (Å²) in [6.45, 7) is 0. The molecule has 5 aromatic heterocycles. The topological polar surface area (TPSA) is 80.2 Å². The average molecular weight is 445 g/mol. The monoisotopic (exact) mass is 444 g/mol. The Hall–Kier alpha value is -3.62. The van der Waals surface area contributed by atoms with Crippen molar-refractivity contribution in [3.63, 3.8) is 0 Å². The van der Waals surface area contributed by atoms with E-state index in [0.717, 1.165) is 36.3 Å². The molecule has 6 heterocycles. The van der Waals surface area contributed by atoms with Gasteiger partial charge in [0.25, 0.3) is 5.89 Å². The number of aliphatic imine (C=N–C) groups is 1. The van der Waals surface area contributed by atoms with Gasteiger partial charge in [0.15, 0.2) is 10.1 Å². The second kappa shape index (κ2) is 7.26. The lowest BCUT2D eigenvalue weighted by atomic mass is 10.3. The van der Waals surface area contributed by atoms with E-state index in [4.69, 9.17) is 18.8 Å². The second-order valence-corrected chi connectivity index (χ2v) is 10.5. The zero-order valence-corrected chi connectivity index (χ0v) is 17.8. The first-order valence-corrected chi connectivity index (χ1v) is 12.1. The zero-order chi connectivity index (χ0) is 20.7. The van der Waals surface area contributed by atoms with Crippen LogP contribution in [0.4, 0.5) is 0 Å². The average Bonchev–Trinajstić information content (AvgIpc) is 3.63. The molecule has 5 aromatic rings. The summed E-state index contributed by atoms with van der Waals surface area (Å²) in [6, 6.07) is 18.0. The van der Waals surface area contributed by atoms with E-state index in [1.54, 1.807) is 36.3 Å². The molecule has 1 N–H and O–H groups in total. The third-order valence-corrected chi connectivity index (χ3v) is 9.58. The summed E-state index contributed by atoms with van der Waals surface area (Å²) in [6.07, 6.45) is 8.61. The fraction of sp³-hybridized carbons (Fsp3) is 0. The lowest BCUT2D eigenvalue weighted by molar-refractivity contribution is 0.472. The summed E-state index contributed by atoms with van der Waals surface area (Å²) in [5.41, 5.74) is 1.77. The molecule has 0 radical (unpaired) electrons. The van der Waals surface area contributed by atoms with Gasteiger partial charge in [-0.15, -0.1) is 11.3 Å². The maximum absolute atomic E-state index is 6.10. The molecule has 0 aromatic carbocycles. The molecule has 31 heavy (non-hydrogen) atoms. The molecular weight excluding hydrogens is 428 g/mol. The third kappa shape index (κ3) is 2.69. The highest BCUT2D eigenvalue weighted by Gasteiger charge is 2.50. The number of furan rings is 1. The van der Waals surface area contributed by atoms with Crippen LogP contribution in [0.2, 0.25) is 0 Å². The molecule has 0 aliphatic carbocycles. The number of nitrogens with one attached hydrogen (secondary N) is 1. The molecule has 1 aliphatic rings. The van der Waals surface area contributed by atoms with Crippen LogP contribution in [0.15, 0.2) is 115 Å². The second-order valence-electron chi connectivity index (χ2n) is 6.71. The van der Waals surface area contributed by atoms with E-state index >= 15 is 0 Å². The highest BCUT2D eigenvalue weighted by molar-refractivity contribution is 8.52. The van der Waals surface area contributed by atoms with Crippen LogP contribution in [0.3, 0.4) is 0 Å². The van der Waals surface area contributed by atoms with E-state index < -0.39 is 10.0 Å². The molecule has 0 amide bonds. The number of pyridine rings is 1. The lowest BCUT2D eigenvalue weighted by Gasteiger charge is -2.35. The van der Waals surface area contributed by atoms with Crippen molar-refractivity contribution in [1.29, 1.82) is 0 Å². The number of H-pyrrole nitrogens is 1. The Morgan fingerprint density at radius 3 is 2.55 bits per heavy atom. The van der Waals surface area contributed by atoms with Gasteiger partial charge in [0.05, 0.1) is 28.1 Å². The van der Waals surface area contributed by atoms with Crippen molar-refractivity contribution in [2.75, 3.05) is 0 Å². The molecule has 1 aliphatic heterocycles. The third-order valence-electron chi connectivity index (χ3n) is 4.99. The first kappa shape index (κ1) is 18.2. The van der Waals surface area contributed by atoms with Gasteiger partial charge in [-0.2, -0.15) is 0 Å². The summed E-state index contributed by atoms with van der Waals surface area (Å²) < 4.78 is 11.9. The predicted octanol–water partition coefficient (Wildman–Crippen LogP) is 6.26. The maximum Gasteiger partial charge on any atom is 0.251 e. The molecule has 0 fully saturated rings. The van der Waals surface area contributed by atoms with E-state index in [-0.39, 0.29) is 0 Å². The van der Waals surface area contributed by atoms with Gasteiger partial charge in [0.2, 0.25) is 0 Å². The van der Waals surface area contributed by atoms with E-state index in [9.17, 15) is 0 Å². The number of rotatable bonds is 5. The van der Waals surface area contributed by atoms with Crippen LogP contribution in [-0.4, -0.2) is 20.0 Å². The molecule has 0 saturated carbocycles. The quantitative estimate of drug-likeness (QED) is 0.347. The molecule has 152 valence electrons. The number of hydrogen-bond donors (Lipinski definition) is 1. The van der Waals surface area contributed by atoms with Crippen molar-refractivity contribution in [1.82, 2.24) is 15.0 Å². The van der Waals surface area contributed by atoms with Crippen LogP contribution in [0, 0.1) is 0 Å². The Labute approximate surface area is 183 Å². The van der Waals surface area contributed by atoms with Gasteiger partial charge in [0, 0.05) is 17.3 Å². The van der Waals surface area contributed by atoms with Gasteiger partial charge in [-0.05, 0) is 47.8 Å². The van der Waals surface area contributed by atoms with Crippen molar-refractivity contribution < 1.29 is 8.83 Å².